The third-order valence-electron chi connectivity index (χ3n) is 3.89. The summed E-state index contributed by atoms with van der Waals surface area (Å²) in [5.41, 5.74) is 10.3. The first-order valence-electron chi connectivity index (χ1n) is 7.52. The van der Waals surface area contributed by atoms with E-state index in [1.165, 1.54) is 0 Å². The molecule has 0 radical (unpaired) electrons. The quantitative estimate of drug-likeness (QED) is 0.608. The molecular weight excluding hydrogens is 300 g/mol. The van der Waals surface area contributed by atoms with Crippen LogP contribution in [-0.2, 0) is 0 Å². The van der Waals surface area contributed by atoms with Gasteiger partial charge in [-0.15, -0.1) is 0 Å². The maximum Gasteiger partial charge on any atom is 0.248 e. The standard InChI is InChI=1S/C19H14N4O/c20-18(24)14-8-9-16-17(11-14)23-19(22-16)13-6-4-12(5-7-13)15-3-1-2-10-21-15/h1-11H,(H2,20,24)(H,22,23). The fraction of sp³-hybridized carbons (Fsp3) is 0. The number of hydrogen-bond acceptors (Lipinski definition) is 3. The summed E-state index contributed by atoms with van der Waals surface area (Å²) in [6.45, 7) is 0. The molecule has 0 spiro atoms. The molecule has 116 valence electrons. The topological polar surface area (TPSA) is 84.7 Å². The largest absolute Gasteiger partial charge is 0.366 e. The number of fused-ring (bicyclic) bond motifs is 1. The SMILES string of the molecule is NC(=O)c1ccc2nc(-c3ccc(-c4ccccn4)cc3)[nH]c2c1. The molecule has 0 saturated heterocycles. The summed E-state index contributed by atoms with van der Waals surface area (Å²) in [6.07, 6.45) is 1.78. The van der Waals surface area contributed by atoms with E-state index < -0.39 is 5.91 Å². The zero-order chi connectivity index (χ0) is 16.5. The zero-order valence-electron chi connectivity index (χ0n) is 12.7. The molecule has 5 nitrogen and oxygen atoms in total. The maximum absolute atomic E-state index is 11.3. The first-order chi connectivity index (χ1) is 11.7. The Bertz CT molecular complexity index is 1020. The highest BCUT2D eigenvalue weighted by Crippen LogP contribution is 2.24. The molecule has 0 unspecified atom stereocenters. The number of nitrogens with one attached hydrogen (secondary N) is 1. The fourth-order valence-electron chi connectivity index (χ4n) is 2.63. The predicted octanol–water partition coefficient (Wildman–Crippen LogP) is 3.39. The second-order valence-corrected chi connectivity index (χ2v) is 5.47. The summed E-state index contributed by atoms with van der Waals surface area (Å²) < 4.78 is 0. The molecule has 0 fully saturated rings. The van der Waals surface area contributed by atoms with Gasteiger partial charge >= 0.3 is 0 Å². The van der Waals surface area contributed by atoms with Crippen LogP contribution in [0.5, 0.6) is 0 Å². The van der Waals surface area contributed by atoms with Gasteiger partial charge in [-0.1, -0.05) is 30.3 Å². The summed E-state index contributed by atoms with van der Waals surface area (Å²) >= 11 is 0. The van der Waals surface area contributed by atoms with Crippen molar-refractivity contribution in [3.05, 3.63) is 72.4 Å². The molecule has 2 heterocycles. The number of carbonyl (C=O) groups excluding carboxylic acids is 1. The van der Waals surface area contributed by atoms with Crippen LogP contribution < -0.4 is 5.73 Å². The number of aromatic amines is 1. The highest BCUT2D eigenvalue weighted by molar-refractivity contribution is 5.96. The van der Waals surface area contributed by atoms with E-state index >= 15 is 0 Å². The number of pyridine rings is 1. The van der Waals surface area contributed by atoms with Crippen LogP contribution in [0.15, 0.2) is 66.9 Å². The Morgan fingerprint density at radius 3 is 2.46 bits per heavy atom. The van der Waals surface area contributed by atoms with Crippen molar-refractivity contribution in [1.82, 2.24) is 15.0 Å². The van der Waals surface area contributed by atoms with Crippen LogP contribution in [0, 0.1) is 0 Å². The number of aromatic nitrogens is 3. The molecule has 0 aliphatic rings. The van der Waals surface area contributed by atoms with Gasteiger partial charge in [0.05, 0.1) is 16.7 Å². The van der Waals surface area contributed by atoms with Crippen molar-refractivity contribution in [3.8, 4) is 22.6 Å². The number of rotatable bonds is 3. The second-order valence-electron chi connectivity index (χ2n) is 5.47. The van der Waals surface area contributed by atoms with E-state index in [9.17, 15) is 4.79 Å². The Labute approximate surface area is 138 Å². The van der Waals surface area contributed by atoms with Gasteiger partial charge < -0.3 is 10.7 Å². The third kappa shape index (κ3) is 2.52. The first-order valence-corrected chi connectivity index (χ1v) is 7.52. The van der Waals surface area contributed by atoms with Crippen molar-refractivity contribution in [2.45, 2.75) is 0 Å². The number of nitrogens with zero attached hydrogens (tertiary/aromatic N) is 2. The lowest BCUT2D eigenvalue weighted by Gasteiger charge is -2.01. The lowest BCUT2D eigenvalue weighted by Crippen LogP contribution is -2.10. The second kappa shape index (κ2) is 5.62. The summed E-state index contributed by atoms with van der Waals surface area (Å²) in [5, 5.41) is 0. The Kier molecular flexibility index (Phi) is 3.31. The molecule has 4 rings (SSSR count). The monoisotopic (exact) mass is 314 g/mol. The molecule has 24 heavy (non-hydrogen) atoms. The lowest BCUT2D eigenvalue weighted by molar-refractivity contribution is 0.100. The van der Waals surface area contributed by atoms with Gasteiger partial charge in [0.1, 0.15) is 5.82 Å². The van der Waals surface area contributed by atoms with E-state index in [0.29, 0.717) is 5.56 Å². The minimum absolute atomic E-state index is 0.451. The van der Waals surface area contributed by atoms with Crippen molar-refractivity contribution in [1.29, 1.82) is 0 Å². The number of H-pyrrole nitrogens is 1. The van der Waals surface area contributed by atoms with Crippen LogP contribution in [0.4, 0.5) is 0 Å². The van der Waals surface area contributed by atoms with Crippen LogP contribution in [-0.4, -0.2) is 20.9 Å². The number of benzene rings is 2. The van der Waals surface area contributed by atoms with Gasteiger partial charge in [-0.25, -0.2) is 4.98 Å². The maximum atomic E-state index is 11.3. The van der Waals surface area contributed by atoms with Crippen molar-refractivity contribution in [3.63, 3.8) is 0 Å². The van der Waals surface area contributed by atoms with Crippen LogP contribution in [0.1, 0.15) is 10.4 Å². The Hall–Kier alpha value is -3.47. The molecule has 0 aliphatic carbocycles. The van der Waals surface area contributed by atoms with Crippen molar-refractivity contribution in [2.24, 2.45) is 5.73 Å². The highest BCUT2D eigenvalue weighted by atomic mass is 16.1. The summed E-state index contributed by atoms with van der Waals surface area (Å²) in [7, 11) is 0. The molecule has 0 atom stereocenters. The first kappa shape index (κ1) is 14.1. The smallest absolute Gasteiger partial charge is 0.248 e. The van der Waals surface area contributed by atoms with E-state index in [4.69, 9.17) is 5.73 Å². The molecule has 4 aromatic rings. The van der Waals surface area contributed by atoms with Gasteiger partial charge in [0.25, 0.3) is 0 Å². The van der Waals surface area contributed by atoms with Crippen LogP contribution in [0.3, 0.4) is 0 Å². The summed E-state index contributed by atoms with van der Waals surface area (Å²) in [5.74, 6) is 0.298. The van der Waals surface area contributed by atoms with E-state index in [1.807, 2.05) is 42.5 Å². The number of amides is 1. The molecule has 2 aromatic heterocycles. The normalized spacial score (nSPS) is 10.8. The predicted molar refractivity (Wildman–Crippen MR) is 93.3 cm³/mol. The molecule has 5 heteroatoms. The van der Waals surface area contributed by atoms with E-state index in [-0.39, 0.29) is 0 Å². The minimum atomic E-state index is -0.451. The Morgan fingerprint density at radius 2 is 1.75 bits per heavy atom. The Balaban J connectivity index is 1.71. The molecule has 1 amide bonds. The van der Waals surface area contributed by atoms with Crippen molar-refractivity contribution < 1.29 is 4.79 Å². The van der Waals surface area contributed by atoms with Gasteiger partial charge in [-0.2, -0.15) is 0 Å². The van der Waals surface area contributed by atoms with Crippen LogP contribution >= 0.6 is 0 Å². The zero-order valence-corrected chi connectivity index (χ0v) is 12.7. The van der Waals surface area contributed by atoms with E-state index in [2.05, 4.69) is 15.0 Å². The fourth-order valence-corrected chi connectivity index (χ4v) is 2.63. The number of hydrogen-bond donors (Lipinski definition) is 2. The Morgan fingerprint density at radius 1 is 0.958 bits per heavy atom. The van der Waals surface area contributed by atoms with Crippen molar-refractivity contribution in [2.75, 3.05) is 0 Å². The number of primary amides is 1. The van der Waals surface area contributed by atoms with Crippen molar-refractivity contribution >= 4 is 16.9 Å². The molecular formula is C19H14N4O. The average molecular weight is 314 g/mol. The molecule has 0 bridgehead atoms. The molecule has 0 aliphatic heterocycles. The van der Waals surface area contributed by atoms with Gasteiger partial charge in [0.15, 0.2) is 0 Å². The molecule has 0 saturated carbocycles. The number of carbonyl (C=O) groups is 1. The molecule has 2 aromatic carbocycles. The third-order valence-corrected chi connectivity index (χ3v) is 3.89. The van der Waals surface area contributed by atoms with E-state index in [0.717, 1.165) is 33.7 Å². The minimum Gasteiger partial charge on any atom is -0.366 e. The van der Waals surface area contributed by atoms with Crippen LogP contribution in [0.25, 0.3) is 33.7 Å². The van der Waals surface area contributed by atoms with Gasteiger partial charge in [-0.05, 0) is 30.3 Å². The lowest BCUT2D eigenvalue weighted by atomic mass is 10.1. The van der Waals surface area contributed by atoms with Crippen LogP contribution in [0.2, 0.25) is 0 Å². The summed E-state index contributed by atoms with van der Waals surface area (Å²) in [4.78, 5) is 23.4. The summed E-state index contributed by atoms with van der Waals surface area (Å²) in [6, 6.07) is 19.0. The van der Waals surface area contributed by atoms with Gasteiger partial charge in [0, 0.05) is 22.9 Å². The molecule has 3 N–H and O–H groups in total. The van der Waals surface area contributed by atoms with E-state index in [1.54, 1.807) is 24.4 Å². The number of imidazole rings is 1. The van der Waals surface area contributed by atoms with Gasteiger partial charge in [-0.3, -0.25) is 9.78 Å². The number of nitrogens with two attached hydrogens (primary N) is 1. The highest BCUT2D eigenvalue weighted by Gasteiger charge is 2.08. The van der Waals surface area contributed by atoms with Gasteiger partial charge in [0.2, 0.25) is 5.91 Å². The average Bonchev–Trinajstić information content (AvgIpc) is 3.06.